The van der Waals surface area contributed by atoms with Gasteiger partial charge in [-0.3, -0.25) is 0 Å². The fourth-order valence-electron chi connectivity index (χ4n) is 1.55. The summed E-state index contributed by atoms with van der Waals surface area (Å²) < 4.78 is 10.3. The molecule has 0 unspecified atom stereocenters. The lowest BCUT2D eigenvalue weighted by molar-refractivity contribution is 0.0512. The summed E-state index contributed by atoms with van der Waals surface area (Å²) in [5.41, 5.74) is 0. The molecule has 0 amide bonds. The molecule has 2 nitrogen and oxygen atoms in total. The number of ether oxygens (including phenoxy) is 2. The Morgan fingerprint density at radius 1 is 1.06 bits per heavy atom. The third kappa shape index (κ3) is 2.49. The predicted molar refractivity (Wildman–Crippen MR) is 68.2 cm³/mol. The number of fused-ring (bicyclic) bond motifs is 1. The van der Waals surface area contributed by atoms with Crippen molar-refractivity contribution in [1.29, 1.82) is 0 Å². The summed E-state index contributed by atoms with van der Waals surface area (Å²) >= 11 is 1.75. The molecule has 0 bridgehead atoms. The second-order valence-electron chi connectivity index (χ2n) is 3.43. The molecule has 0 aliphatic rings. The van der Waals surface area contributed by atoms with Crippen molar-refractivity contribution in [2.24, 2.45) is 0 Å². The van der Waals surface area contributed by atoms with Crippen molar-refractivity contribution in [3.05, 3.63) is 36.4 Å². The number of methoxy groups -OCH3 is 1. The smallest absolute Gasteiger partial charge is 0.188 e. The second kappa shape index (κ2) is 5.23. The molecule has 0 spiro atoms. The van der Waals surface area contributed by atoms with E-state index < -0.39 is 0 Å². The molecule has 0 aliphatic heterocycles. The Morgan fingerprint density at radius 3 is 2.56 bits per heavy atom. The van der Waals surface area contributed by atoms with Gasteiger partial charge in [0.1, 0.15) is 5.75 Å². The molecule has 0 atom stereocenters. The molecule has 0 saturated carbocycles. The van der Waals surface area contributed by atoms with Gasteiger partial charge in [0.15, 0.2) is 6.79 Å². The monoisotopic (exact) mass is 234 g/mol. The first-order valence-electron chi connectivity index (χ1n) is 5.03. The summed E-state index contributed by atoms with van der Waals surface area (Å²) in [7, 11) is 1.62. The van der Waals surface area contributed by atoms with Crippen LogP contribution in [0.25, 0.3) is 10.8 Å². The highest BCUT2D eigenvalue weighted by atomic mass is 32.2. The van der Waals surface area contributed by atoms with Gasteiger partial charge in [-0.2, -0.15) is 0 Å². The van der Waals surface area contributed by atoms with Crippen molar-refractivity contribution in [3.63, 3.8) is 0 Å². The van der Waals surface area contributed by atoms with Crippen molar-refractivity contribution in [2.75, 3.05) is 20.2 Å². The molecule has 3 heteroatoms. The minimum absolute atomic E-state index is 0.286. The Bertz CT molecular complexity index is 482. The van der Waals surface area contributed by atoms with Crippen LogP contribution >= 0.6 is 11.8 Å². The maximum absolute atomic E-state index is 5.39. The van der Waals surface area contributed by atoms with E-state index in [0.717, 1.165) is 5.75 Å². The van der Waals surface area contributed by atoms with E-state index in [1.54, 1.807) is 18.9 Å². The Labute approximate surface area is 99.6 Å². The fourth-order valence-corrected chi connectivity index (χ4v) is 1.99. The molecule has 2 aromatic rings. The van der Waals surface area contributed by atoms with E-state index in [1.165, 1.54) is 15.7 Å². The van der Waals surface area contributed by atoms with Crippen LogP contribution in [0.5, 0.6) is 5.75 Å². The molecule has 16 heavy (non-hydrogen) atoms. The highest BCUT2D eigenvalue weighted by Crippen LogP contribution is 2.25. The van der Waals surface area contributed by atoms with E-state index in [4.69, 9.17) is 9.47 Å². The van der Waals surface area contributed by atoms with E-state index >= 15 is 0 Å². The molecule has 0 fully saturated rings. The lowest BCUT2D eigenvalue weighted by atomic mass is 10.1. The van der Waals surface area contributed by atoms with Gasteiger partial charge in [0, 0.05) is 12.0 Å². The van der Waals surface area contributed by atoms with Crippen molar-refractivity contribution in [3.8, 4) is 5.75 Å². The van der Waals surface area contributed by atoms with Crippen molar-refractivity contribution in [2.45, 2.75) is 4.90 Å². The van der Waals surface area contributed by atoms with E-state index in [2.05, 4.69) is 30.5 Å². The molecular weight excluding hydrogens is 220 g/mol. The Kier molecular flexibility index (Phi) is 3.70. The van der Waals surface area contributed by atoms with Gasteiger partial charge < -0.3 is 9.47 Å². The maximum Gasteiger partial charge on any atom is 0.188 e. The van der Waals surface area contributed by atoms with Gasteiger partial charge >= 0.3 is 0 Å². The number of benzene rings is 2. The Balaban J connectivity index is 2.32. The van der Waals surface area contributed by atoms with Gasteiger partial charge in [-0.15, -0.1) is 11.8 Å². The zero-order valence-electron chi connectivity index (χ0n) is 9.40. The molecule has 0 aromatic heterocycles. The van der Waals surface area contributed by atoms with Crippen LogP contribution in [0.2, 0.25) is 0 Å². The minimum atomic E-state index is 0.286. The van der Waals surface area contributed by atoms with Crippen LogP contribution in [-0.2, 0) is 4.74 Å². The topological polar surface area (TPSA) is 18.5 Å². The Morgan fingerprint density at radius 2 is 1.81 bits per heavy atom. The second-order valence-corrected chi connectivity index (χ2v) is 4.31. The third-order valence-electron chi connectivity index (χ3n) is 2.36. The first kappa shape index (κ1) is 11.3. The van der Waals surface area contributed by atoms with Gasteiger partial charge in [0.2, 0.25) is 0 Å². The van der Waals surface area contributed by atoms with Gasteiger partial charge in [-0.1, -0.05) is 12.1 Å². The standard InChI is InChI=1S/C13H14O2S/c1-14-9-15-12-5-3-11-8-13(16-2)6-4-10(11)7-12/h3-8H,9H2,1-2H3. The molecule has 2 rings (SSSR count). The maximum atomic E-state index is 5.39. The molecule has 0 N–H and O–H groups in total. The highest BCUT2D eigenvalue weighted by Gasteiger charge is 1.98. The normalized spacial score (nSPS) is 10.6. The molecule has 0 saturated heterocycles. The average Bonchev–Trinajstić information content (AvgIpc) is 2.35. The van der Waals surface area contributed by atoms with Crippen LogP contribution in [0.15, 0.2) is 41.3 Å². The molecule has 0 radical (unpaired) electrons. The summed E-state index contributed by atoms with van der Waals surface area (Å²) in [6.07, 6.45) is 2.08. The number of hydrogen-bond donors (Lipinski definition) is 0. The lowest BCUT2D eigenvalue weighted by Gasteiger charge is -2.06. The number of hydrogen-bond acceptors (Lipinski definition) is 3. The van der Waals surface area contributed by atoms with Gasteiger partial charge in [0.05, 0.1) is 0 Å². The van der Waals surface area contributed by atoms with Gasteiger partial charge in [-0.05, 0) is 41.3 Å². The van der Waals surface area contributed by atoms with Crippen LogP contribution in [-0.4, -0.2) is 20.2 Å². The first-order chi connectivity index (χ1) is 7.83. The third-order valence-corrected chi connectivity index (χ3v) is 3.09. The first-order valence-corrected chi connectivity index (χ1v) is 6.25. The quantitative estimate of drug-likeness (QED) is 0.595. The average molecular weight is 234 g/mol. The van der Waals surface area contributed by atoms with Gasteiger partial charge in [0.25, 0.3) is 0 Å². The van der Waals surface area contributed by atoms with Crippen molar-refractivity contribution in [1.82, 2.24) is 0 Å². The number of rotatable bonds is 4. The molecule has 0 heterocycles. The summed E-state index contributed by atoms with van der Waals surface area (Å²) in [6.45, 7) is 0.286. The zero-order chi connectivity index (χ0) is 11.4. The lowest BCUT2D eigenvalue weighted by Crippen LogP contribution is -1.98. The molecule has 84 valence electrons. The largest absolute Gasteiger partial charge is 0.468 e. The highest BCUT2D eigenvalue weighted by molar-refractivity contribution is 7.98. The van der Waals surface area contributed by atoms with Crippen LogP contribution in [0.3, 0.4) is 0 Å². The van der Waals surface area contributed by atoms with E-state index in [9.17, 15) is 0 Å². The van der Waals surface area contributed by atoms with Crippen molar-refractivity contribution < 1.29 is 9.47 Å². The number of thioether (sulfide) groups is 1. The van der Waals surface area contributed by atoms with Crippen LogP contribution < -0.4 is 4.74 Å². The van der Waals surface area contributed by atoms with Crippen LogP contribution in [0.1, 0.15) is 0 Å². The molecular formula is C13H14O2S. The summed E-state index contributed by atoms with van der Waals surface area (Å²) in [4.78, 5) is 1.28. The SMILES string of the molecule is COCOc1ccc2cc(SC)ccc2c1. The van der Waals surface area contributed by atoms with E-state index in [-0.39, 0.29) is 6.79 Å². The molecule has 0 aliphatic carbocycles. The zero-order valence-corrected chi connectivity index (χ0v) is 10.2. The Hall–Kier alpha value is -1.19. The van der Waals surface area contributed by atoms with Crippen LogP contribution in [0, 0.1) is 0 Å². The van der Waals surface area contributed by atoms with Gasteiger partial charge in [-0.25, -0.2) is 0 Å². The predicted octanol–water partition coefficient (Wildman–Crippen LogP) is 3.54. The minimum Gasteiger partial charge on any atom is -0.468 e. The van der Waals surface area contributed by atoms with Crippen molar-refractivity contribution >= 4 is 22.5 Å². The van der Waals surface area contributed by atoms with E-state index in [0.29, 0.717) is 0 Å². The molecule has 2 aromatic carbocycles. The fraction of sp³-hybridized carbons (Fsp3) is 0.231. The summed E-state index contributed by atoms with van der Waals surface area (Å²) in [6, 6.07) is 12.5. The summed E-state index contributed by atoms with van der Waals surface area (Å²) in [5, 5.41) is 2.42. The van der Waals surface area contributed by atoms with Crippen LogP contribution in [0.4, 0.5) is 0 Å². The van der Waals surface area contributed by atoms with E-state index in [1.807, 2.05) is 12.1 Å². The summed E-state index contributed by atoms with van der Waals surface area (Å²) in [5.74, 6) is 0.839.